The van der Waals surface area contributed by atoms with Gasteiger partial charge in [-0.15, -0.1) is 0 Å². The van der Waals surface area contributed by atoms with E-state index in [0.717, 1.165) is 12.8 Å². The number of amides is 1. The lowest BCUT2D eigenvalue weighted by molar-refractivity contribution is 0.0954. The fraction of sp³-hybridized carbons (Fsp3) is 0.222. The standard InChI is InChI=1S/C18H17FN2O3/c1-2-3-9-20-18(22)15-16(12-4-6-14(19)7-5-12)21-24-17(15)13-8-10-23-11-13/h4-8,10-11H,2-3,9H2,1H3,(H,20,22). The minimum Gasteiger partial charge on any atom is -0.472 e. The van der Waals surface area contributed by atoms with Crippen molar-refractivity contribution in [2.75, 3.05) is 6.54 Å². The second-order valence-corrected chi connectivity index (χ2v) is 5.36. The van der Waals surface area contributed by atoms with Gasteiger partial charge in [0.05, 0.1) is 11.8 Å². The van der Waals surface area contributed by atoms with Gasteiger partial charge < -0.3 is 14.3 Å². The molecule has 0 atom stereocenters. The number of rotatable bonds is 6. The number of hydrogen-bond acceptors (Lipinski definition) is 4. The molecule has 6 heteroatoms. The molecule has 0 fully saturated rings. The molecule has 2 heterocycles. The smallest absolute Gasteiger partial charge is 0.257 e. The number of hydrogen-bond donors (Lipinski definition) is 1. The Morgan fingerprint density at radius 2 is 2.00 bits per heavy atom. The normalized spacial score (nSPS) is 10.8. The Morgan fingerprint density at radius 1 is 1.21 bits per heavy atom. The van der Waals surface area contributed by atoms with Crippen LogP contribution in [0.4, 0.5) is 4.39 Å². The first-order chi connectivity index (χ1) is 11.7. The highest BCUT2D eigenvalue weighted by molar-refractivity contribution is 6.04. The van der Waals surface area contributed by atoms with E-state index in [0.29, 0.717) is 34.7 Å². The largest absolute Gasteiger partial charge is 0.472 e. The summed E-state index contributed by atoms with van der Waals surface area (Å²) < 4.78 is 23.6. The first-order valence-corrected chi connectivity index (χ1v) is 7.77. The fourth-order valence-electron chi connectivity index (χ4n) is 2.36. The van der Waals surface area contributed by atoms with Crippen LogP contribution in [0, 0.1) is 5.82 Å². The molecule has 124 valence electrons. The lowest BCUT2D eigenvalue weighted by atomic mass is 10.0. The number of carbonyl (C=O) groups excluding carboxylic acids is 1. The number of aromatic nitrogens is 1. The predicted molar refractivity (Wildman–Crippen MR) is 86.8 cm³/mol. The Hall–Kier alpha value is -2.89. The number of halogens is 1. The van der Waals surface area contributed by atoms with Crippen molar-refractivity contribution in [1.82, 2.24) is 10.5 Å². The maximum atomic E-state index is 13.2. The predicted octanol–water partition coefficient (Wildman–Crippen LogP) is 4.27. The molecule has 1 N–H and O–H groups in total. The van der Waals surface area contributed by atoms with E-state index in [-0.39, 0.29) is 11.7 Å². The molecule has 0 aliphatic heterocycles. The topological polar surface area (TPSA) is 68.3 Å². The molecule has 0 aliphatic carbocycles. The minimum atomic E-state index is -0.355. The number of nitrogens with one attached hydrogen (secondary N) is 1. The molecule has 1 amide bonds. The van der Waals surface area contributed by atoms with Crippen LogP contribution >= 0.6 is 0 Å². The van der Waals surface area contributed by atoms with Crippen molar-refractivity contribution in [3.8, 4) is 22.6 Å². The Labute approximate surface area is 138 Å². The average Bonchev–Trinajstić information content (AvgIpc) is 3.25. The molecule has 24 heavy (non-hydrogen) atoms. The van der Waals surface area contributed by atoms with E-state index in [2.05, 4.69) is 10.5 Å². The van der Waals surface area contributed by atoms with Gasteiger partial charge in [0.2, 0.25) is 0 Å². The van der Waals surface area contributed by atoms with E-state index in [4.69, 9.17) is 8.94 Å². The van der Waals surface area contributed by atoms with Gasteiger partial charge in [0.15, 0.2) is 5.76 Å². The third-order valence-corrected chi connectivity index (χ3v) is 3.64. The fourth-order valence-corrected chi connectivity index (χ4v) is 2.36. The zero-order valence-electron chi connectivity index (χ0n) is 13.2. The highest BCUT2D eigenvalue weighted by atomic mass is 19.1. The van der Waals surface area contributed by atoms with Gasteiger partial charge in [0, 0.05) is 12.1 Å². The third-order valence-electron chi connectivity index (χ3n) is 3.64. The minimum absolute atomic E-state index is 0.278. The molecule has 0 saturated heterocycles. The molecular weight excluding hydrogens is 311 g/mol. The van der Waals surface area contributed by atoms with Crippen molar-refractivity contribution in [2.45, 2.75) is 19.8 Å². The second kappa shape index (κ2) is 7.12. The van der Waals surface area contributed by atoms with E-state index < -0.39 is 0 Å². The quantitative estimate of drug-likeness (QED) is 0.686. The van der Waals surface area contributed by atoms with Crippen LogP contribution in [-0.2, 0) is 0 Å². The van der Waals surface area contributed by atoms with E-state index in [1.165, 1.54) is 24.7 Å². The highest BCUT2D eigenvalue weighted by Gasteiger charge is 2.25. The monoisotopic (exact) mass is 328 g/mol. The van der Waals surface area contributed by atoms with Gasteiger partial charge in [0.25, 0.3) is 5.91 Å². The van der Waals surface area contributed by atoms with Crippen molar-refractivity contribution >= 4 is 5.91 Å². The maximum absolute atomic E-state index is 13.2. The van der Waals surface area contributed by atoms with Crippen LogP contribution in [0.2, 0.25) is 0 Å². The van der Waals surface area contributed by atoms with Crippen LogP contribution in [0.1, 0.15) is 30.1 Å². The van der Waals surface area contributed by atoms with Crippen molar-refractivity contribution in [3.05, 3.63) is 54.2 Å². The molecule has 0 spiro atoms. The van der Waals surface area contributed by atoms with Crippen LogP contribution in [0.5, 0.6) is 0 Å². The molecule has 3 rings (SSSR count). The zero-order chi connectivity index (χ0) is 16.9. The van der Waals surface area contributed by atoms with Crippen molar-refractivity contribution in [3.63, 3.8) is 0 Å². The maximum Gasteiger partial charge on any atom is 0.257 e. The first-order valence-electron chi connectivity index (χ1n) is 7.77. The van der Waals surface area contributed by atoms with Gasteiger partial charge in [-0.2, -0.15) is 0 Å². The van der Waals surface area contributed by atoms with Crippen molar-refractivity contribution < 1.29 is 18.1 Å². The first kappa shape index (κ1) is 16.0. The van der Waals surface area contributed by atoms with Gasteiger partial charge in [-0.05, 0) is 36.8 Å². The zero-order valence-corrected chi connectivity index (χ0v) is 13.2. The van der Waals surface area contributed by atoms with Crippen molar-refractivity contribution in [1.29, 1.82) is 0 Å². The Kier molecular flexibility index (Phi) is 4.74. The Bertz CT molecular complexity index is 807. The molecule has 0 bridgehead atoms. The van der Waals surface area contributed by atoms with Gasteiger partial charge in [0.1, 0.15) is 23.3 Å². The second-order valence-electron chi connectivity index (χ2n) is 5.36. The molecule has 0 unspecified atom stereocenters. The lowest BCUT2D eigenvalue weighted by Crippen LogP contribution is -2.25. The van der Waals surface area contributed by atoms with Gasteiger partial charge in [-0.1, -0.05) is 18.5 Å². The van der Waals surface area contributed by atoms with Crippen molar-refractivity contribution in [2.24, 2.45) is 0 Å². The summed E-state index contributed by atoms with van der Waals surface area (Å²) in [7, 11) is 0. The molecular formula is C18H17FN2O3. The molecule has 3 aromatic rings. The van der Waals surface area contributed by atoms with E-state index in [9.17, 15) is 9.18 Å². The number of carbonyl (C=O) groups is 1. The van der Waals surface area contributed by atoms with Gasteiger partial charge in [-0.3, -0.25) is 4.79 Å². The number of furan rings is 1. The van der Waals surface area contributed by atoms with E-state index in [1.807, 2.05) is 6.92 Å². The Morgan fingerprint density at radius 3 is 2.67 bits per heavy atom. The summed E-state index contributed by atoms with van der Waals surface area (Å²) in [6.45, 7) is 2.61. The molecule has 2 aromatic heterocycles. The van der Waals surface area contributed by atoms with Crippen LogP contribution in [0.15, 0.2) is 51.8 Å². The summed E-state index contributed by atoms with van der Waals surface area (Å²) in [5.74, 6) is -0.302. The summed E-state index contributed by atoms with van der Waals surface area (Å²) in [6.07, 6.45) is 4.83. The van der Waals surface area contributed by atoms with E-state index in [1.54, 1.807) is 18.2 Å². The summed E-state index contributed by atoms with van der Waals surface area (Å²) in [4.78, 5) is 12.6. The summed E-state index contributed by atoms with van der Waals surface area (Å²) in [6, 6.07) is 7.46. The lowest BCUT2D eigenvalue weighted by Gasteiger charge is -2.05. The molecule has 0 saturated carbocycles. The SMILES string of the molecule is CCCCNC(=O)c1c(-c2ccc(F)cc2)noc1-c1ccoc1. The van der Waals surface area contributed by atoms with Crippen LogP contribution in [-0.4, -0.2) is 17.6 Å². The Balaban J connectivity index is 2.02. The van der Waals surface area contributed by atoms with Gasteiger partial charge in [-0.25, -0.2) is 4.39 Å². The molecule has 0 aliphatic rings. The number of nitrogens with zero attached hydrogens (tertiary/aromatic N) is 1. The van der Waals surface area contributed by atoms with Crippen LogP contribution in [0.3, 0.4) is 0 Å². The van der Waals surface area contributed by atoms with E-state index >= 15 is 0 Å². The molecule has 5 nitrogen and oxygen atoms in total. The van der Waals surface area contributed by atoms with Crippen LogP contribution in [0.25, 0.3) is 22.6 Å². The third kappa shape index (κ3) is 3.22. The summed E-state index contributed by atoms with van der Waals surface area (Å²) >= 11 is 0. The van der Waals surface area contributed by atoms with Gasteiger partial charge >= 0.3 is 0 Å². The molecule has 0 radical (unpaired) electrons. The highest BCUT2D eigenvalue weighted by Crippen LogP contribution is 2.32. The molecule has 1 aromatic carbocycles. The summed E-state index contributed by atoms with van der Waals surface area (Å²) in [5, 5.41) is 6.89. The summed E-state index contributed by atoms with van der Waals surface area (Å²) in [5.41, 5.74) is 1.92. The van der Waals surface area contributed by atoms with Crippen LogP contribution < -0.4 is 5.32 Å². The number of unbranched alkanes of at least 4 members (excludes halogenated alkanes) is 1. The number of benzene rings is 1. The average molecular weight is 328 g/mol.